The van der Waals surface area contributed by atoms with Gasteiger partial charge in [0.05, 0.1) is 23.5 Å². The molecule has 2 fully saturated rings. The van der Waals surface area contributed by atoms with Crippen LogP contribution in [0.3, 0.4) is 0 Å². The van der Waals surface area contributed by atoms with Gasteiger partial charge >= 0.3 is 0 Å². The van der Waals surface area contributed by atoms with E-state index >= 15 is 0 Å². The Morgan fingerprint density at radius 1 is 1.16 bits per heavy atom. The van der Waals surface area contributed by atoms with Crippen molar-refractivity contribution in [3.63, 3.8) is 0 Å². The third-order valence-electron chi connectivity index (χ3n) is 7.99. The van der Waals surface area contributed by atoms with E-state index in [-0.39, 0.29) is 5.41 Å². The number of ether oxygens (including phenoxy) is 1. The number of nitrogens with zero attached hydrogens (tertiary/aromatic N) is 2. The van der Waals surface area contributed by atoms with Crippen LogP contribution in [0.5, 0.6) is 5.88 Å². The minimum atomic E-state index is 0.102. The molecule has 0 amide bonds. The first-order valence-electron chi connectivity index (χ1n) is 13.9. The van der Waals surface area contributed by atoms with Gasteiger partial charge in [-0.1, -0.05) is 76.5 Å². The lowest BCUT2D eigenvalue weighted by atomic mass is 9.51. The lowest BCUT2D eigenvalue weighted by molar-refractivity contribution is -0.104. The lowest BCUT2D eigenvalue weighted by Gasteiger charge is -2.53. The van der Waals surface area contributed by atoms with Crippen molar-refractivity contribution in [1.82, 2.24) is 9.97 Å². The van der Waals surface area contributed by atoms with E-state index in [9.17, 15) is 4.79 Å². The maximum Gasteiger partial charge on any atom is 0.232 e. The molecule has 0 aliphatic heterocycles. The van der Waals surface area contributed by atoms with Crippen LogP contribution in [0.4, 0.5) is 0 Å². The molecule has 0 spiro atoms. The van der Waals surface area contributed by atoms with Crippen molar-refractivity contribution in [2.45, 2.75) is 80.1 Å². The minimum absolute atomic E-state index is 0.102. The number of fused-ring (bicyclic) bond motifs is 1. The summed E-state index contributed by atoms with van der Waals surface area (Å²) in [7, 11) is 1.00. The highest BCUT2D eigenvalue weighted by molar-refractivity contribution is 5.67. The zero-order chi connectivity index (χ0) is 27.8. The van der Waals surface area contributed by atoms with E-state index in [1.165, 1.54) is 37.7 Å². The Balaban J connectivity index is 0.000000372. The Morgan fingerprint density at radius 3 is 2.46 bits per heavy atom. The second-order valence-electron chi connectivity index (χ2n) is 10.0. The summed E-state index contributed by atoms with van der Waals surface area (Å²) in [5.74, 6) is 3.88. The van der Waals surface area contributed by atoms with Gasteiger partial charge in [0.25, 0.3) is 0 Å². The average molecular weight is 511 g/mol. The molecular formula is C32H50N2O3. The van der Waals surface area contributed by atoms with E-state index < -0.39 is 0 Å². The molecule has 5 heteroatoms. The summed E-state index contributed by atoms with van der Waals surface area (Å²) in [6.07, 6.45) is 22.2. The van der Waals surface area contributed by atoms with E-state index in [2.05, 4.69) is 56.4 Å². The molecule has 0 radical (unpaired) electrons. The summed E-state index contributed by atoms with van der Waals surface area (Å²) in [4.78, 5) is 19.5. The van der Waals surface area contributed by atoms with Crippen molar-refractivity contribution >= 4 is 18.4 Å². The Bertz CT molecular complexity index is 1010. The highest BCUT2D eigenvalue weighted by Crippen LogP contribution is 2.57. The third-order valence-corrected chi connectivity index (χ3v) is 7.99. The molecule has 5 unspecified atom stereocenters. The number of aliphatic hydroxyl groups is 1. The summed E-state index contributed by atoms with van der Waals surface area (Å²) in [5, 5.41) is 8.63. The fourth-order valence-corrected chi connectivity index (χ4v) is 6.40. The molecule has 206 valence electrons. The van der Waals surface area contributed by atoms with Crippen LogP contribution in [0.25, 0.3) is 12.2 Å². The largest absolute Gasteiger partial charge is 0.477 e. The van der Waals surface area contributed by atoms with E-state index in [1.54, 1.807) is 12.3 Å². The van der Waals surface area contributed by atoms with Crippen LogP contribution in [0.15, 0.2) is 42.7 Å². The predicted octanol–water partition coefficient (Wildman–Crippen LogP) is 5.82. The molecule has 3 rings (SSSR count). The topological polar surface area (TPSA) is 72.3 Å². The van der Waals surface area contributed by atoms with Gasteiger partial charge in [-0.05, 0) is 75.9 Å². The van der Waals surface area contributed by atoms with Gasteiger partial charge in [-0.15, -0.1) is 0 Å². The standard InChI is InChI=1S/C20H32O.C11H14N2O.CH4O/c1-5-7-17-15(3)8-11-19-18(17)10-9-16(12-14-21)20(19,4)13-6-2;1-4-7-10-9(5-2)13-11(8-12-10)14-6-3;1-2/h6,12-15,17-19H,5,7-11H2,1-4H3;4-5,7-8H,1,6H2,2-3H3;2H,1H3/b13-6-,16-12-;9-5+,10-7+;. The van der Waals surface area contributed by atoms with Gasteiger partial charge in [-0.25, -0.2) is 9.97 Å². The quantitative estimate of drug-likeness (QED) is 0.284. The number of aldehydes is 1. The van der Waals surface area contributed by atoms with Crippen molar-refractivity contribution in [2.24, 2.45) is 29.1 Å². The first-order valence-corrected chi connectivity index (χ1v) is 13.9. The maximum atomic E-state index is 11.0. The molecule has 37 heavy (non-hydrogen) atoms. The first kappa shape index (κ1) is 32.5. The molecule has 5 nitrogen and oxygen atoms in total. The van der Waals surface area contributed by atoms with Crippen molar-refractivity contribution in [1.29, 1.82) is 0 Å². The van der Waals surface area contributed by atoms with Crippen LogP contribution < -0.4 is 15.4 Å². The number of aromatic nitrogens is 2. The van der Waals surface area contributed by atoms with Gasteiger partial charge in [0.2, 0.25) is 5.88 Å². The molecule has 2 aliphatic rings. The van der Waals surface area contributed by atoms with Crippen LogP contribution in [-0.2, 0) is 4.79 Å². The van der Waals surface area contributed by atoms with Crippen LogP contribution in [0, 0.1) is 29.1 Å². The highest BCUT2D eigenvalue weighted by atomic mass is 16.5. The second kappa shape index (κ2) is 17.1. The second-order valence-corrected chi connectivity index (χ2v) is 10.0. The van der Waals surface area contributed by atoms with E-state index in [1.807, 2.05) is 32.1 Å². The minimum Gasteiger partial charge on any atom is -0.477 e. The summed E-state index contributed by atoms with van der Waals surface area (Å²) < 4.78 is 5.25. The van der Waals surface area contributed by atoms with E-state index in [4.69, 9.17) is 9.84 Å². The summed E-state index contributed by atoms with van der Waals surface area (Å²) >= 11 is 0. The van der Waals surface area contributed by atoms with Gasteiger partial charge in [0.15, 0.2) is 0 Å². The SMILES string of the molecule is C/C=C\C1(C)/C(=C\C=O)CCC2C(CCC)C(C)CCC21.C=C/C=c1/ncc(OCC)n/c1=C/C.CO. The molecule has 1 aromatic heterocycles. The van der Waals surface area contributed by atoms with Crippen LogP contribution in [-0.4, -0.2) is 35.1 Å². The zero-order valence-corrected chi connectivity index (χ0v) is 24.2. The number of carbonyl (C=O) groups excluding carboxylic acids is 1. The number of carbonyl (C=O) groups is 1. The molecule has 1 heterocycles. The fraction of sp³-hybridized carbons (Fsp3) is 0.594. The monoisotopic (exact) mass is 510 g/mol. The zero-order valence-electron chi connectivity index (χ0n) is 24.2. The Hall–Kier alpha value is -2.53. The van der Waals surface area contributed by atoms with Gasteiger partial charge in [0, 0.05) is 12.5 Å². The van der Waals surface area contributed by atoms with Crippen molar-refractivity contribution < 1.29 is 14.6 Å². The van der Waals surface area contributed by atoms with E-state index in [0.29, 0.717) is 12.5 Å². The van der Waals surface area contributed by atoms with Crippen LogP contribution >= 0.6 is 0 Å². The van der Waals surface area contributed by atoms with E-state index in [0.717, 1.165) is 54.2 Å². The Kier molecular flexibility index (Phi) is 15.0. The molecule has 1 N–H and O–H groups in total. The van der Waals surface area contributed by atoms with Gasteiger partial charge in [-0.3, -0.25) is 4.79 Å². The predicted molar refractivity (Wildman–Crippen MR) is 155 cm³/mol. The maximum absolute atomic E-state index is 11.0. The molecule has 2 saturated carbocycles. The lowest BCUT2D eigenvalue weighted by Crippen LogP contribution is -2.45. The summed E-state index contributed by atoms with van der Waals surface area (Å²) in [5.41, 5.74) is 1.46. The van der Waals surface area contributed by atoms with Crippen LogP contribution in [0.1, 0.15) is 80.1 Å². The molecule has 5 atom stereocenters. The smallest absolute Gasteiger partial charge is 0.232 e. The Morgan fingerprint density at radius 2 is 1.89 bits per heavy atom. The van der Waals surface area contributed by atoms with Gasteiger partial charge in [0.1, 0.15) is 6.29 Å². The van der Waals surface area contributed by atoms with Crippen molar-refractivity contribution in [3.05, 3.63) is 53.4 Å². The molecule has 1 aromatic rings. The van der Waals surface area contributed by atoms with Crippen molar-refractivity contribution in [2.75, 3.05) is 13.7 Å². The number of aliphatic hydroxyl groups excluding tert-OH is 1. The number of rotatable bonds is 7. The Labute approximate surface area is 225 Å². The van der Waals surface area contributed by atoms with Gasteiger partial charge in [-0.2, -0.15) is 0 Å². The third kappa shape index (κ3) is 8.49. The number of hydrogen-bond acceptors (Lipinski definition) is 5. The van der Waals surface area contributed by atoms with Gasteiger partial charge < -0.3 is 9.84 Å². The summed E-state index contributed by atoms with van der Waals surface area (Å²) in [6.45, 7) is 17.3. The molecule has 0 aromatic carbocycles. The molecule has 0 saturated heterocycles. The highest BCUT2D eigenvalue weighted by Gasteiger charge is 2.48. The summed E-state index contributed by atoms with van der Waals surface area (Å²) in [6, 6.07) is 0. The molecule has 2 aliphatic carbocycles. The molecular weight excluding hydrogens is 460 g/mol. The average Bonchev–Trinajstić information content (AvgIpc) is 2.90. The van der Waals surface area contributed by atoms with Crippen LogP contribution in [0.2, 0.25) is 0 Å². The number of allylic oxidation sites excluding steroid dienone is 5. The first-order chi connectivity index (χ1) is 17.9. The van der Waals surface area contributed by atoms with Crippen molar-refractivity contribution in [3.8, 4) is 5.88 Å². The normalized spacial score (nSPS) is 29.0. The fourth-order valence-electron chi connectivity index (χ4n) is 6.40. The molecule has 0 bridgehead atoms. The number of hydrogen-bond donors (Lipinski definition) is 1.